The van der Waals surface area contributed by atoms with Crippen LogP contribution in [-0.2, 0) is 0 Å². The topological polar surface area (TPSA) is 59.5 Å². The maximum Gasteiger partial charge on any atom is 0.289 e. The summed E-state index contributed by atoms with van der Waals surface area (Å²) in [6.45, 7) is 1.36. The minimum Gasteiger partial charge on any atom is -0.445 e. The third-order valence-corrected chi connectivity index (χ3v) is 3.13. The number of nitrogens with zero attached hydrogens (tertiary/aromatic N) is 1. The molecule has 2 heterocycles. The molecule has 1 saturated heterocycles. The van der Waals surface area contributed by atoms with E-state index >= 15 is 0 Å². The minimum atomic E-state index is -0.0525. The number of furan rings is 1. The van der Waals surface area contributed by atoms with Gasteiger partial charge in [0.25, 0.3) is 5.91 Å². The molecule has 0 aliphatic carbocycles. The van der Waals surface area contributed by atoms with Crippen molar-refractivity contribution in [1.29, 1.82) is 0 Å². The molecule has 2 N–H and O–H groups in total. The molecule has 0 aromatic carbocycles. The second kappa shape index (κ2) is 5.61. The Morgan fingerprint density at radius 2 is 2.38 bits per heavy atom. The summed E-state index contributed by atoms with van der Waals surface area (Å²) in [4.78, 5) is 13.6. The predicted molar refractivity (Wildman–Crippen MR) is 66.2 cm³/mol. The van der Waals surface area contributed by atoms with Gasteiger partial charge in [0.15, 0.2) is 10.9 Å². The number of amides is 1. The Labute approximate surface area is 105 Å². The van der Waals surface area contributed by atoms with Crippen molar-refractivity contribution in [2.24, 2.45) is 5.73 Å². The number of halogens is 1. The minimum absolute atomic E-state index is 0. The first-order valence-electron chi connectivity index (χ1n) is 4.89. The van der Waals surface area contributed by atoms with E-state index in [2.05, 4.69) is 0 Å². The second-order valence-corrected chi connectivity index (χ2v) is 4.43. The molecule has 0 saturated carbocycles. The number of carbonyl (C=O) groups is 1. The highest BCUT2D eigenvalue weighted by Gasteiger charge is 2.26. The molecule has 0 radical (unpaired) electrons. The van der Waals surface area contributed by atoms with Gasteiger partial charge in [-0.15, -0.1) is 12.4 Å². The Morgan fingerprint density at radius 3 is 2.88 bits per heavy atom. The highest BCUT2D eigenvalue weighted by atomic mass is 35.5. The summed E-state index contributed by atoms with van der Waals surface area (Å²) >= 11 is 1.49. The Hall–Kier alpha value is -0.650. The van der Waals surface area contributed by atoms with Crippen LogP contribution < -0.4 is 5.73 Å². The lowest BCUT2D eigenvalue weighted by atomic mass is 10.3. The molecule has 1 aliphatic rings. The van der Waals surface area contributed by atoms with Gasteiger partial charge >= 0.3 is 0 Å². The fourth-order valence-corrected chi connectivity index (χ4v) is 2.05. The van der Waals surface area contributed by atoms with E-state index in [9.17, 15) is 4.79 Å². The second-order valence-electron chi connectivity index (χ2n) is 3.62. The van der Waals surface area contributed by atoms with Crippen LogP contribution in [0.2, 0.25) is 0 Å². The van der Waals surface area contributed by atoms with Crippen LogP contribution in [0.25, 0.3) is 0 Å². The van der Waals surface area contributed by atoms with Gasteiger partial charge in [-0.3, -0.25) is 4.79 Å². The summed E-state index contributed by atoms with van der Waals surface area (Å²) in [5.74, 6) is 0.358. The van der Waals surface area contributed by atoms with Crippen LogP contribution in [0.15, 0.2) is 21.6 Å². The summed E-state index contributed by atoms with van der Waals surface area (Å²) in [5.41, 5.74) is 5.74. The third kappa shape index (κ3) is 2.72. The summed E-state index contributed by atoms with van der Waals surface area (Å²) in [7, 11) is 0. The van der Waals surface area contributed by atoms with E-state index in [-0.39, 0.29) is 24.4 Å². The first-order valence-corrected chi connectivity index (χ1v) is 6.12. The van der Waals surface area contributed by atoms with Gasteiger partial charge in [-0.1, -0.05) is 11.8 Å². The first kappa shape index (κ1) is 13.4. The van der Waals surface area contributed by atoms with Crippen molar-refractivity contribution in [1.82, 2.24) is 4.90 Å². The average molecular weight is 263 g/mol. The number of carbonyl (C=O) groups excluding carboxylic acids is 1. The molecule has 1 aromatic heterocycles. The van der Waals surface area contributed by atoms with Crippen molar-refractivity contribution in [3.63, 3.8) is 0 Å². The molecule has 16 heavy (non-hydrogen) atoms. The van der Waals surface area contributed by atoms with Crippen molar-refractivity contribution >= 4 is 30.1 Å². The summed E-state index contributed by atoms with van der Waals surface area (Å²) in [6, 6.07) is 3.65. The molecular formula is C10H15ClN2O2S. The number of hydrogen-bond donors (Lipinski definition) is 1. The van der Waals surface area contributed by atoms with Crippen molar-refractivity contribution in [3.05, 3.63) is 17.9 Å². The molecule has 4 nitrogen and oxygen atoms in total. The van der Waals surface area contributed by atoms with Crippen LogP contribution in [0.1, 0.15) is 17.0 Å². The zero-order valence-corrected chi connectivity index (χ0v) is 10.6. The smallest absolute Gasteiger partial charge is 0.289 e. The molecule has 1 fully saturated rings. The quantitative estimate of drug-likeness (QED) is 0.823. The van der Waals surface area contributed by atoms with Gasteiger partial charge in [0.1, 0.15) is 0 Å². The molecule has 2 rings (SSSR count). The Kier molecular flexibility index (Phi) is 4.70. The number of hydrogen-bond acceptors (Lipinski definition) is 4. The molecule has 1 atom stereocenters. The molecule has 90 valence electrons. The molecule has 0 unspecified atom stereocenters. The van der Waals surface area contributed by atoms with Crippen molar-refractivity contribution in [3.8, 4) is 0 Å². The SMILES string of the molecule is CSc1ccc(C(=O)N2CC[C@H](N)C2)o1.Cl. The first-order chi connectivity index (χ1) is 7.20. The average Bonchev–Trinajstić information content (AvgIpc) is 2.84. The number of rotatable bonds is 2. The Bertz CT molecular complexity index is 369. The zero-order valence-electron chi connectivity index (χ0n) is 9.01. The van der Waals surface area contributed by atoms with E-state index in [0.717, 1.165) is 18.1 Å². The lowest BCUT2D eigenvalue weighted by Gasteiger charge is -2.13. The van der Waals surface area contributed by atoms with E-state index in [0.29, 0.717) is 12.3 Å². The van der Waals surface area contributed by atoms with E-state index in [1.807, 2.05) is 12.3 Å². The largest absolute Gasteiger partial charge is 0.445 e. The highest BCUT2D eigenvalue weighted by Crippen LogP contribution is 2.20. The highest BCUT2D eigenvalue weighted by molar-refractivity contribution is 7.98. The van der Waals surface area contributed by atoms with Gasteiger partial charge in [-0.05, 0) is 24.8 Å². The van der Waals surface area contributed by atoms with Crippen LogP contribution in [0.3, 0.4) is 0 Å². The lowest BCUT2D eigenvalue weighted by Crippen LogP contribution is -2.31. The van der Waals surface area contributed by atoms with Gasteiger partial charge in [0, 0.05) is 19.1 Å². The molecular weight excluding hydrogens is 248 g/mol. The van der Waals surface area contributed by atoms with E-state index in [4.69, 9.17) is 10.2 Å². The number of thioether (sulfide) groups is 1. The van der Waals surface area contributed by atoms with Gasteiger partial charge in [-0.2, -0.15) is 0 Å². The fourth-order valence-electron chi connectivity index (χ4n) is 1.67. The summed E-state index contributed by atoms with van der Waals surface area (Å²) < 4.78 is 5.37. The zero-order chi connectivity index (χ0) is 10.8. The van der Waals surface area contributed by atoms with Crippen LogP contribution in [0.4, 0.5) is 0 Å². The maximum absolute atomic E-state index is 11.9. The van der Waals surface area contributed by atoms with Crippen LogP contribution in [0.5, 0.6) is 0 Å². The molecule has 0 spiro atoms. The Balaban J connectivity index is 0.00000128. The Morgan fingerprint density at radius 1 is 1.62 bits per heavy atom. The van der Waals surface area contributed by atoms with E-state index < -0.39 is 0 Å². The summed E-state index contributed by atoms with van der Waals surface area (Å²) in [6.07, 6.45) is 2.79. The van der Waals surface area contributed by atoms with Gasteiger partial charge in [0.05, 0.1) is 0 Å². The van der Waals surface area contributed by atoms with Crippen molar-refractivity contribution in [2.75, 3.05) is 19.3 Å². The molecule has 1 aliphatic heterocycles. The normalized spacial score (nSPS) is 19.6. The standard InChI is InChI=1S/C10H14N2O2S.ClH/c1-15-9-3-2-8(14-9)10(13)12-5-4-7(11)6-12;/h2-3,7H,4-6,11H2,1H3;1H/t7-;/m0./s1. The van der Waals surface area contributed by atoms with Crippen molar-refractivity contribution in [2.45, 2.75) is 17.6 Å². The predicted octanol–water partition coefficient (Wildman–Crippen LogP) is 1.60. The van der Waals surface area contributed by atoms with Crippen LogP contribution in [-0.4, -0.2) is 36.2 Å². The molecule has 6 heteroatoms. The molecule has 1 amide bonds. The van der Waals surface area contributed by atoms with Gasteiger partial charge in [-0.25, -0.2) is 0 Å². The third-order valence-electron chi connectivity index (χ3n) is 2.51. The van der Waals surface area contributed by atoms with Crippen molar-refractivity contribution < 1.29 is 9.21 Å². The fraction of sp³-hybridized carbons (Fsp3) is 0.500. The number of nitrogens with two attached hydrogens (primary N) is 1. The van der Waals surface area contributed by atoms with E-state index in [1.54, 1.807) is 11.0 Å². The van der Waals surface area contributed by atoms with Crippen LogP contribution in [0, 0.1) is 0 Å². The number of likely N-dealkylation sites (tertiary alicyclic amines) is 1. The van der Waals surface area contributed by atoms with Gasteiger partial charge in [0.2, 0.25) is 0 Å². The van der Waals surface area contributed by atoms with E-state index in [1.165, 1.54) is 11.8 Å². The summed E-state index contributed by atoms with van der Waals surface area (Å²) in [5, 5.41) is 0.766. The maximum atomic E-state index is 11.9. The molecule has 0 bridgehead atoms. The van der Waals surface area contributed by atoms with Gasteiger partial charge < -0.3 is 15.1 Å². The molecule has 1 aromatic rings. The lowest BCUT2D eigenvalue weighted by molar-refractivity contribution is 0.0754. The van der Waals surface area contributed by atoms with Crippen LogP contribution >= 0.6 is 24.2 Å². The monoisotopic (exact) mass is 262 g/mol.